The lowest BCUT2D eigenvalue weighted by atomic mass is 10.1. The van der Waals surface area contributed by atoms with Crippen molar-refractivity contribution in [2.45, 2.75) is 37.1 Å². The van der Waals surface area contributed by atoms with Crippen LogP contribution in [-0.2, 0) is 15.6 Å². The average Bonchev–Trinajstić information content (AvgIpc) is 3.34. The van der Waals surface area contributed by atoms with Gasteiger partial charge in [0.05, 0.1) is 10.4 Å². The third kappa shape index (κ3) is 3.00. The monoisotopic (exact) mass is 359 g/mol. The van der Waals surface area contributed by atoms with E-state index in [4.69, 9.17) is 9.47 Å². The standard InChI is InChI=1S/C19H21NO4S/c1-13-3-6-18(14(2)11-13)25(21,22)20-19(7-8-19)15-4-5-16-17(12-15)24-10-9-23-16/h3-6,11-12,20H,7-10H2,1-2H3. The molecule has 5 nitrogen and oxygen atoms in total. The molecule has 4 rings (SSSR count). The lowest BCUT2D eigenvalue weighted by Gasteiger charge is -2.23. The maximum atomic E-state index is 12.9. The van der Waals surface area contributed by atoms with Gasteiger partial charge < -0.3 is 9.47 Å². The fourth-order valence-corrected chi connectivity index (χ4v) is 5.01. The number of rotatable bonds is 4. The summed E-state index contributed by atoms with van der Waals surface area (Å²) in [5.41, 5.74) is 2.17. The summed E-state index contributed by atoms with van der Waals surface area (Å²) in [5, 5.41) is 0. The van der Waals surface area contributed by atoms with Crippen molar-refractivity contribution in [3.8, 4) is 11.5 Å². The van der Waals surface area contributed by atoms with Gasteiger partial charge in [-0.15, -0.1) is 0 Å². The quantitative estimate of drug-likeness (QED) is 0.911. The van der Waals surface area contributed by atoms with Gasteiger partial charge in [-0.05, 0) is 56.0 Å². The minimum atomic E-state index is -3.59. The van der Waals surface area contributed by atoms with E-state index in [1.807, 2.05) is 44.2 Å². The number of aryl methyl sites for hydroxylation is 2. The van der Waals surface area contributed by atoms with E-state index in [0.717, 1.165) is 29.5 Å². The summed E-state index contributed by atoms with van der Waals surface area (Å²) >= 11 is 0. The molecule has 0 spiro atoms. The maximum absolute atomic E-state index is 12.9. The molecule has 1 fully saturated rings. The lowest BCUT2D eigenvalue weighted by molar-refractivity contribution is 0.171. The summed E-state index contributed by atoms with van der Waals surface area (Å²) in [6.45, 7) is 4.83. The van der Waals surface area contributed by atoms with Crippen molar-refractivity contribution >= 4 is 10.0 Å². The minimum Gasteiger partial charge on any atom is -0.486 e. The molecule has 0 atom stereocenters. The highest BCUT2D eigenvalue weighted by molar-refractivity contribution is 7.89. The van der Waals surface area contributed by atoms with Gasteiger partial charge in [0.25, 0.3) is 0 Å². The van der Waals surface area contributed by atoms with E-state index in [9.17, 15) is 8.42 Å². The number of benzene rings is 2. The molecule has 0 saturated heterocycles. The third-order valence-corrected chi connectivity index (χ3v) is 6.49. The molecule has 1 saturated carbocycles. The van der Waals surface area contributed by atoms with Crippen LogP contribution in [0.2, 0.25) is 0 Å². The Bertz CT molecular complexity index is 932. The molecule has 6 heteroatoms. The van der Waals surface area contributed by atoms with Gasteiger partial charge in [0.2, 0.25) is 10.0 Å². The lowest BCUT2D eigenvalue weighted by Crippen LogP contribution is -2.35. The molecule has 2 aliphatic rings. The van der Waals surface area contributed by atoms with Crippen LogP contribution in [0.1, 0.15) is 29.5 Å². The first kappa shape index (κ1) is 16.4. The van der Waals surface area contributed by atoms with E-state index in [0.29, 0.717) is 29.6 Å². The first-order valence-electron chi connectivity index (χ1n) is 8.41. The predicted molar refractivity (Wildman–Crippen MR) is 94.6 cm³/mol. The molecule has 1 aliphatic carbocycles. The van der Waals surface area contributed by atoms with Crippen LogP contribution < -0.4 is 14.2 Å². The Hall–Kier alpha value is -2.05. The van der Waals surface area contributed by atoms with E-state index in [1.54, 1.807) is 6.07 Å². The van der Waals surface area contributed by atoms with Crippen LogP contribution in [0.3, 0.4) is 0 Å². The number of fused-ring (bicyclic) bond motifs is 1. The molecule has 0 radical (unpaired) electrons. The fraction of sp³-hybridized carbons (Fsp3) is 0.368. The highest BCUT2D eigenvalue weighted by Crippen LogP contribution is 2.48. The number of hydrogen-bond donors (Lipinski definition) is 1. The van der Waals surface area contributed by atoms with Crippen molar-refractivity contribution in [2.24, 2.45) is 0 Å². The molecular weight excluding hydrogens is 338 g/mol. The molecule has 132 valence electrons. The van der Waals surface area contributed by atoms with E-state index in [2.05, 4.69) is 4.72 Å². The fourth-order valence-electron chi connectivity index (χ4n) is 3.33. The van der Waals surface area contributed by atoms with Crippen molar-refractivity contribution in [3.63, 3.8) is 0 Å². The Morgan fingerprint density at radius 1 is 0.960 bits per heavy atom. The predicted octanol–water partition coefficient (Wildman–Crippen LogP) is 3.04. The molecule has 0 aromatic heterocycles. The molecular formula is C19H21NO4S. The summed E-state index contributed by atoms with van der Waals surface area (Å²) in [7, 11) is -3.59. The second-order valence-corrected chi connectivity index (χ2v) is 8.47. The summed E-state index contributed by atoms with van der Waals surface area (Å²) < 4.78 is 39.9. The van der Waals surface area contributed by atoms with Gasteiger partial charge in [0, 0.05) is 0 Å². The molecule has 0 bridgehead atoms. The second-order valence-electron chi connectivity index (χ2n) is 6.81. The van der Waals surface area contributed by atoms with Gasteiger partial charge in [0.15, 0.2) is 11.5 Å². The minimum absolute atomic E-state index is 0.335. The number of hydrogen-bond acceptors (Lipinski definition) is 4. The molecule has 2 aromatic rings. The number of nitrogens with one attached hydrogen (secondary N) is 1. The molecule has 0 unspecified atom stereocenters. The van der Waals surface area contributed by atoms with Gasteiger partial charge >= 0.3 is 0 Å². The van der Waals surface area contributed by atoms with Crippen molar-refractivity contribution < 1.29 is 17.9 Å². The van der Waals surface area contributed by atoms with Gasteiger partial charge in [-0.2, -0.15) is 0 Å². The SMILES string of the molecule is Cc1ccc(S(=O)(=O)NC2(c3ccc4c(c3)OCCO4)CC2)c(C)c1. The second kappa shape index (κ2) is 5.75. The highest BCUT2D eigenvalue weighted by Gasteiger charge is 2.48. The van der Waals surface area contributed by atoms with Gasteiger partial charge in [-0.25, -0.2) is 13.1 Å². The summed E-state index contributed by atoms with van der Waals surface area (Å²) in [5.74, 6) is 1.39. The Kier molecular flexibility index (Phi) is 3.77. The van der Waals surface area contributed by atoms with Crippen LogP contribution in [0.15, 0.2) is 41.3 Å². The van der Waals surface area contributed by atoms with Crippen LogP contribution in [0, 0.1) is 13.8 Å². The first-order valence-corrected chi connectivity index (χ1v) is 9.89. The summed E-state index contributed by atoms with van der Waals surface area (Å²) in [6.07, 6.45) is 1.55. The van der Waals surface area contributed by atoms with Crippen LogP contribution in [-0.4, -0.2) is 21.6 Å². The summed E-state index contributed by atoms with van der Waals surface area (Å²) in [4.78, 5) is 0.335. The largest absolute Gasteiger partial charge is 0.486 e. The highest BCUT2D eigenvalue weighted by atomic mass is 32.2. The zero-order valence-corrected chi connectivity index (χ0v) is 15.2. The summed E-state index contributed by atoms with van der Waals surface area (Å²) in [6, 6.07) is 11.1. The first-order chi connectivity index (χ1) is 11.9. The zero-order valence-electron chi connectivity index (χ0n) is 14.3. The molecule has 1 heterocycles. The number of ether oxygens (including phenoxy) is 2. The van der Waals surface area contributed by atoms with Crippen LogP contribution in [0.25, 0.3) is 0 Å². The third-order valence-electron chi connectivity index (χ3n) is 4.79. The molecule has 25 heavy (non-hydrogen) atoms. The smallest absolute Gasteiger partial charge is 0.241 e. The topological polar surface area (TPSA) is 64.6 Å². The zero-order chi connectivity index (χ0) is 17.7. The maximum Gasteiger partial charge on any atom is 0.241 e. The molecule has 1 N–H and O–H groups in total. The van der Waals surface area contributed by atoms with E-state index >= 15 is 0 Å². The number of sulfonamides is 1. The Morgan fingerprint density at radius 3 is 2.36 bits per heavy atom. The molecule has 1 aliphatic heterocycles. The van der Waals surface area contributed by atoms with Crippen molar-refractivity contribution in [1.29, 1.82) is 0 Å². The van der Waals surface area contributed by atoms with Gasteiger partial charge in [-0.3, -0.25) is 0 Å². The van der Waals surface area contributed by atoms with Crippen LogP contribution in [0.5, 0.6) is 11.5 Å². The normalized spacial score (nSPS) is 18.0. The van der Waals surface area contributed by atoms with Crippen molar-refractivity contribution in [2.75, 3.05) is 13.2 Å². The average molecular weight is 359 g/mol. The van der Waals surface area contributed by atoms with E-state index in [1.165, 1.54) is 0 Å². The van der Waals surface area contributed by atoms with Crippen molar-refractivity contribution in [1.82, 2.24) is 4.72 Å². The Morgan fingerprint density at radius 2 is 1.68 bits per heavy atom. The van der Waals surface area contributed by atoms with Gasteiger partial charge in [-0.1, -0.05) is 23.8 Å². The van der Waals surface area contributed by atoms with Crippen molar-refractivity contribution in [3.05, 3.63) is 53.1 Å². The molecule has 0 amide bonds. The van der Waals surface area contributed by atoms with E-state index in [-0.39, 0.29) is 0 Å². The Labute approximate surface area is 148 Å². The Balaban J connectivity index is 1.65. The van der Waals surface area contributed by atoms with Gasteiger partial charge in [0.1, 0.15) is 13.2 Å². The van der Waals surface area contributed by atoms with Crippen LogP contribution in [0.4, 0.5) is 0 Å². The molecule has 2 aromatic carbocycles. The van der Waals surface area contributed by atoms with Crippen LogP contribution >= 0.6 is 0 Å². The van der Waals surface area contributed by atoms with E-state index < -0.39 is 15.6 Å².